The summed E-state index contributed by atoms with van der Waals surface area (Å²) in [4.78, 5) is 14.5. The minimum absolute atomic E-state index is 0.0505. The lowest BCUT2D eigenvalue weighted by molar-refractivity contribution is -0.121. The van der Waals surface area contributed by atoms with Crippen molar-refractivity contribution < 1.29 is 14.3 Å². The Morgan fingerprint density at radius 1 is 1.26 bits per heavy atom. The average Bonchev–Trinajstić information content (AvgIpc) is 2.77. The molecule has 0 radical (unpaired) electrons. The molecule has 1 aliphatic heterocycles. The average molecular weight is 416 g/mol. The smallest absolute Gasteiger partial charge is 0.266 e. The highest BCUT2D eigenvalue weighted by Gasteiger charge is 2.30. The van der Waals surface area contributed by atoms with Crippen LogP contribution in [0.25, 0.3) is 6.08 Å². The number of hydrogen-bond donors (Lipinski definition) is 0. The van der Waals surface area contributed by atoms with Crippen LogP contribution in [0.15, 0.2) is 21.5 Å². The Hall–Kier alpha value is -1.05. The van der Waals surface area contributed by atoms with Gasteiger partial charge < -0.3 is 9.47 Å². The summed E-state index contributed by atoms with van der Waals surface area (Å²) >= 11 is 10.1. The molecule has 1 aliphatic rings. The van der Waals surface area contributed by atoms with E-state index in [1.54, 1.807) is 4.90 Å². The van der Waals surface area contributed by atoms with E-state index in [2.05, 4.69) is 15.9 Å². The van der Waals surface area contributed by atoms with Crippen LogP contribution < -0.4 is 9.47 Å². The minimum atomic E-state index is -0.0505. The summed E-state index contributed by atoms with van der Waals surface area (Å²) in [5.41, 5.74) is 0.861. The van der Waals surface area contributed by atoms with E-state index in [9.17, 15) is 4.79 Å². The summed E-state index contributed by atoms with van der Waals surface area (Å²) < 4.78 is 12.7. The third-order valence-corrected chi connectivity index (χ3v) is 5.07. The van der Waals surface area contributed by atoms with Gasteiger partial charge in [0.2, 0.25) is 0 Å². The number of nitrogens with zero attached hydrogens (tertiary/aromatic N) is 1. The Kier molecular flexibility index (Phi) is 6.50. The van der Waals surface area contributed by atoms with Crippen molar-refractivity contribution in [3.05, 3.63) is 27.1 Å². The Morgan fingerprint density at radius 3 is 2.52 bits per heavy atom. The number of benzene rings is 1. The minimum Gasteiger partial charge on any atom is -0.490 e. The molecule has 7 heteroatoms. The molecule has 4 nitrogen and oxygen atoms in total. The van der Waals surface area contributed by atoms with Crippen LogP contribution in [0.2, 0.25) is 0 Å². The highest BCUT2D eigenvalue weighted by atomic mass is 79.9. The van der Waals surface area contributed by atoms with E-state index >= 15 is 0 Å². The van der Waals surface area contributed by atoms with Gasteiger partial charge in [0.1, 0.15) is 4.32 Å². The van der Waals surface area contributed by atoms with Gasteiger partial charge in [-0.2, -0.15) is 0 Å². The maximum atomic E-state index is 12.3. The Bertz CT molecular complexity index is 661. The summed E-state index contributed by atoms with van der Waals surface area (Å²) in [5, 5.41) is 0. The lowest BCUT2D eigenvalue weighted by atomic mass is 10.2. The normalized spacial score (nSPS) is 16.3. The first-order valence-electron chi connectivity index (χ1n) is 7.36. The molecule has 0 spiro atoms. The number of carbonyl (C=O) groups excluding carboxylic acids is 1. The first-order chi connectivity index (χ1) is 11.0. The van der Waals surface area contributed by atoms with Crippen molar-refractivity contribution >= 4 is 56.2 Å². The largest absolute Gasteiger partial charge is 0.490 e. The van der Waals surface area contributed by atoms with Gasteiger partial charge >= 0.3 is 0 Å². The van der Waals surface area contributed by atoms with Gasteiger partial charge in [-0.05, 0) is 60.5 Å². The molecule has 0 bridgehead atoms. The number of carbonyl (C=O) groups is 1. The predicted octanol–water partition coefficient (Wildman–Crippen LogP) is 4.47. The Morgan fingerprint density at radius 2 is 1.96 bits per heavy atom. The van der Waals surface area contributed by atoms with Crippen molar-refractivity contribution in [3.8, 4) is 11.5 Å². The van der Waals surface area contributed by atoms with Gasteiger partial charge in [0.25, 0.3) is 5.91 Å². The van der Waals surface area contributed by atoms with Crippen LogP contribution in [0.5, 0.6) is 11.5 Å². The van der Waals surface area contributed by atoms with Gasteiger partial charge in [0.05, 0.1) is 22.6 Å². The molecular weight excluding hydrogens is 398 g/mol. The van der Waals surface area contributed by atoms with Gasteiger partial charge in [-0.15, -0.1) is 0 Å². The van der Waals surface area contributed by atoms with Crippen molar-refractivity contribution in [1.82, 2.24) is 4.90 Å². The fraction of sp³-hybridized carbons (Fsp3) is 0.375. The highest BCUT2D eigenvalue weighted by molar-refractivity contribution is 9.10. The van der Waals surface area contributed by atoms with Crippen molar-refractivity contribution in [2.45, 2.75) is 20.8 Å². The van der Waals surface area contributed by atoms with Crippen molar-refractivity contribution in [2.24, 2.45) is 0 Å². The summed E-state index contributed by atoms with van der Waals surface area (Å²) in [6.07, 6.45) is 1.83. The number of halogens is 1. The lowest BCUT2D eigenvalue weighted by Gasteiger charge is -2.13. The quantitative estimate of drug-likeness (QED) is 0.506. The van der Waals surface area contributed by atoms with E-state index in [0.29, 0.717) is 40.5 Å². The molecular formula is C16H18BrNO3S2. The molecule has 1 saturated heterocycles. The van der Waals surface area contributed by atoms with E-state index in [0.717, 1.165) is 10.0 Å². The first kappa shape index (κ1) is 18.3. The van der Waals surface area contributed by atoms with Gasteiger partial charge in [-0.25, -0.2) is 0 Å². The van der Waals surface area contributed by atoms with Gasteiger partial charge in [0, 0.05) is 6.54 Å². The van der Waals surface area contributed by atoms with Crippen molar-refractivity contribution in [1.29, 1.82) is 0 Å². The second-order valence-electron chi connectivity index (χ2n) is 4.62. The first-order valence-corrected chi connectivity index (χ1v) is 9.38. The van der Waals surface area contributed by atoms with E-state index in [-0.39, 0.29) is 5.91 Å². The van der Waals surface area contributed by atoms with Crippen LogP contribution in [0.4, 0.5) is 0 Å². The second kappa shape index (κ2) is 8.17. The molecule has 0 aliphatic carbocycles. The molecule has 1 amide bonds. The Balaban J connectivity index is 2.39. The van der Waals surface area contributed by atoms with E-state index in [1.165, 1.54) is 11.8 Å². The number of ether oxygens (including phenoxy) is 2. The van der Waals surface area contributed by atoms with E-state index in [4.69, 9.17) is 21.7 Å². The molecule has 1 aromatic rings. The maximum absolute atomic E-state index is 12.3. The summed E-state index contributed by atoms with van der Waals surface area (Å²) in [6, 6.07) is 3.78. The molecule has 1 aromatic carbocycles. The molecule has 0 atom stereocenters. The lowest BCUT2D eigenvalue weighted by Crippen LogP contribution is -2.27. The molecule has 0 unspecified atom stereocenters. The van der Waals surface area contributed by atoms with Crippen molar-refractivity contribution in [2.75, 3.05) is 19.8 Å². The van der Waals surface area contributed by atoms with Gasteiger partial charge in [-0.1, -0.05) is 24.0 Å². The van der Waals surface area contributed by atoms with E-state index in [1.807, 2.05) is 39.0 Å². The topological polar surface area (TPSA) is 38.8 Å². The van der Waals surface area contributed by atoms with Crippen molar-refractivity contribution in [3.63, 3.8) is 0 Å². The fourth-order valence-corrected chi connectivity index (χ4v) is 4.10. The third-order valence-electron chi connectivity index (χ3n) is 3.11. The summed E-state index contributed by atoms with van der Waals surface area (Å²) in [5.74, 6) is 1.28. The molecule has 23 heavy (non-hydrogen) atoms. The van der Waals surface area contributed by atoms with Crippen LogP contribution >= 0.6 is 39.9 Å². The third kappa shape index (κ3) is 4.08. The molecule has 124 valence electrons. The monoisotopic (exact) mass is 415 g/mol. The standard InChI is InChI=1S/C16H18BrNO3S2/c1-4-18-15(19)13(23-16(18)22)9-10-7-11(17)14(21-6-3)12(8-10)20-5-2/h7-9H,4-6H2,1-3H3/b13-9-. The van der Waals surface area contributed by atoms with Crippen LogP contribution in [-0.4, -0.2) is 34.9 Å². The van der Waals surface area contributed by atoms with Gasteiger partial charge in [-0.3, -0.25) is 9.69 Å². The van der Waals surface area contributed by atoms with E-state index < -0.39 is 0 Å². The molecule has 0 saturated carbocycles. The Labute approximate surface area is 154 Å². The van der Waals surface area contributed by atoms with Crippen LogP contribution in [-0.2, 0) is 4.79 Å². The van der Waals surface area contributed by atoms with Crippen LogP contribution in [0, 0.1) is 0 Å². The zero-order valence-corrected chi connectivity index (χ0v) is 16.4. The highest BCUT2D eigenvalue weighted by Crippen LogP contribution is 2.39. The number of hydrogen-bond acceptors (Lipinski definition) is 5. The zero-order valence-electron chi connectivity index (χ0n) is 13.2. The number of thioether (sulfide) groups is 1. The van der Waals surface area contributed by atoms with Crippen LogP contribution in [0.3, 0.4) is 0 Å². The molecule has 0 aromatic heterocycles. The number of amides is 1. The zero-order chi connectivity index (χ0) is 17.0. The van der Waals surface area contributed by atoms with Gasteiger partial charge in [0.15, 0.2) is 11.5 Å². The van der Waals surface area contributed by atoms with Crippen LogP contribution in [0.1, 0.15) is 26.3 Å². The number of thiocarbonyl (C=S) groups is 1. The molecule has 1 heterocycles. The molecule has 2 rings (SSSR count). The summed E-state index contributed by atoms with van der Waals surface area (Å²) in [6.45, 7) is 7.42. The molecule has 0 N–H and O–H groups in total. The fourth-order valence-electron chi connectivity index (χ4n) is 2.14. The number of rotatable bonds is 6. The molecule has 1 fully saturated rings. The second-order valence-corrected chi connectivity index (χ2v) is 7.15. The number of likely N-dealkylation sites (N-methyl/N-ethyl adjacent to an activating group) is 1. The predicted molar refractivity (Wildman–Crippen MR) is 102 cm³/mol. The summed E-state index contributed by atoms with van der Waals surface area (Å²) in [7, 11) is 0. The SMILES string of the molecule is CCOc1cc(/C=C2\SC(=S)N(CC)C2=O)cc(Br)c1OCC. The maximum Gasteiger partial charge on any atom is 0.266 e.